The van der Waals surface area contributed by atoms with E-state index in [9.17, 15) is 26.4 Å². The average Bonchev–Trinajstić information content (AvgIpc) is 3.17. The lowest BCUT2D eigenvalue weighted by Gasteiger charge is -2.23. The van der Waals surface area contributed by atoms with E-state index in [-0.39, 0.29) is 17.4 Å². The maximum Gasteiger partial charge on any atom is 0.534 e. The van der Waals surface area contributed by atoms with Gasteiger partial charge in [-0.2, -0.15) is 21.6 Å². The van der Waals surface area contributed by atoms with E-state index in [0.29, 0.717) is 36.2 Å². The first-order chi connectivity index (χ1) is 12.2. The largest absolute Gasteiger partial charge is 0.534 e. The standard InChI is InChI=1S/C17H19F3O5S/c1-2-3-6-24-13-8-12(9-21)16(25-26(22,23)17(18,19)20)15-11-5-4-10(7-11)14(13)15/h8-11H,2-7H2,1H3. The Balaban J connectivity index is 2.10. The number of ether oxygens (including phenoxy) is 1. The lowest BCUT2D eigenvalue weighted by atomic mass is 9.88. The molecule has 1 fully saturated rings. The molecule has 5 nitrogen and oxygen atoms in total. The van der Waals surface area contributed by atoms with Crippen molar-refractivity contribution in [3.05, 3.63) is 22.8 Å². The third kappa shape index (κ3) is 3.17. The molecule has 144 valence electrons. The van der Waals surface area contributed by atoms with Crippen molar-refractivity contribution in [1.82, 2.24) is 0 Å². The molecule has 2 atom stereocenters. The molecule has 0 spiro atoms. The topological polar surface area (TPSA) is 69.7 Å². The molecule has 0 amide bonds. The molecule has 1 saturated carbocycles. The number of benzene rings is 1. The smallest absolute Gasteiger partial charge is 0.493 e. The van der Waals surface area contributed by atoms with Gasteiger partial charge in [0, 0.05) is 11.1 Å². The van der Waals surface area contributed by atoms with Crippen molar-refractivity contribution in [2.24, 2.45) is 0 Å². The van der Waals surface area contributed by atoms with Gasteiger partial charge in [0.2, 0.25) is 0 Å². The van der Waals surface area contributed by atoms with Crippen molar-refractivity contribution < 1.29 is 35.3 Å². The number of rotatable bonds is 7. The summed E-state index contributed by atoms with van der Waals surface area (Å²) in [5, 5.41) is 0. The van der Waals surface area contributed by atoms with E-state index >= 15 is 0 Å². The molecule has 3 rings (SSSR count). The van der Waals surface area contributed by atoms with Crippen LogP contribution in [0, 0.1) is 0 Å². The zero-order chi connectivity index (χ0) is 19.1. The molecule has 0 aliphatic heterocycles. The maximum atomic E-state index is 12.8. The molecule has 0 heterocycles. The van der Waals surface area contributed by atoms with Gasteiger partial charge >= 0.3 is 15.6 Å². The van der Waals surface area contributed by atoms with Crippen molar-refractivity contribution in [1.29, 1.82) is 0 Å². The number of halogens is 3. The number of alkyl halides is 3. The molecule has 0 aromatic heterocycles. The van der Waals surface area contributed by atoms with E-state index in [2.05, 4.69) is 4.18 Å². The van der Waals surface area contributed by atoms with Crippen molar-refractivity contribution in [2.45, 2.75) is 56.4 Å². The minimum absolute atomic E-state index is 0.0864. The van der Waals surface area contributed by atoms with Crippen molar-refractivity contribution in [3.63, 3.8) is 0 Å². The summed E-state index contributed by atoms with van der Waals surface area (Å²) >= 11 is 0. The Kier molecular flexibility index (Phi) is 4.94. The van der Waals surface area contributed by atoms with Crippen molar-refractivity contribution >= 4 is 16.4 Å². The minimum atomic E-state index is -5.86. The van der Waals surface area contributed by atoms with Crippen LogP contribution in [0.3, 0.4) is 0 Å². The molecular formula is C17H19F3O5S. The summed E-state index contributed by atoms with van der Waals surface area (Å²) in [4.78, 5) is 11.4. The van der Waals surface area contributed by atoms with Gasteiger partial charge in [-0.15, -0.1) is 0 Å². The van der Waals surface area contributed by atoms with Crippen LogP contribution >= 0.6 is 0 Å². The first-order valence-corrected chi connectivity index (χ1v) is 9.90. The summed E-state index contributed by atoms with van der Waals surface area (Å²) in [5.41, 5.74) is -4.73. The number of hydrogen-bond acceptors (Lipinski definition) is 5. The highest BCUT2D eigenvalue weighted by molar-refractivity contribution is 7.88. The van der Waals surface area contributed by atoms with Crippen molar-refractivity contribution in [3.8, 4) is 11.5 Å². The number of carbonyl (C=O) groups is 1. The van der Waals surface area contributed by atoms with Gasteiger partial charge in [-0.05, 0) is 43.6 Å². The Labute approximate surface area is 149 Å². The fourth-order valence-corrected chi connectivity index (χ4v) is 4.31. The second-order valence-corrected chi connectivity index (χ2v) is 8.17. The first-order valence-electron chi connectivity index (χ1n) is 8.49. The summed E-state index contributed by atoms with van der Waals surface area (Å²) in [6, 6.07) is 1.30. The quantitative estimate of drug-likeness (QED) is 0.300. The van der Waals surface area contributed by atoms with Crippen LogP contribution in [-0.2, 0) is 10.1 Å². The SMILES string of the molecule is CCCCOc1cc(C=O)c(OS(=O)(=O)C(F)(F)F)c2c1C1CCC2C1. The van der Waals surface area contributed by atoms with Gasteiger partial charge in [0.25, 0.3) is 0 Å². The van der Waals surface area contributed by atoms with E-state index in [0.717, 1.165) is 25.7 Å². The molecule has 2 bridgehead atoms. The minimum Gasteiger partial charge on any atom is -0.493 e. The van der Waals surface area contributed by atoms with Gasteiger partial charge in [-0.3, -0.25) is 4.79 Å². The van der Waals surface area contributed by atoms with Crippen LogP contribution < -0.4 is 8.92 Å². The van der Waals surface area contributed by atoms with Crippen LogP contribution in [0.5, 0.6) is 11.5 Å². The van der Waals surface area contributed by atoms with Crippen molar-refractivity contribution in [2.75, 3.05) is 6.61 Å². The Bertz CT molecular complexity index is 817. The van der Waals surface area contributed by atoms with E-state index in [1.54, 1.807) is 0 Å². The van der Waals surface area contributed by atoms with Gasteiger partial charge in [0.1, 0.15) is 5.75 Å². The molecule has 9 heteroatoms. The lowest BCUT2D eigenvalue weighted by Crippen LogP contribution is -2.29. The average molecular weight is 392 g/mol. The highest BCUT2D eigenvalue weighted by Crippen LogP contribution is 2.59. The van der Waals surface area contributed by atoms with Crippen LogP contribution in [0.4, 0.5) is 13.2 Å². The van der Waals surface area contributed by atoms with Gasteiger partial charge in [0.05, 0.1) is 12.2 Å². The van der Waals surface area contributed by atoms with Crippen LogP contribution in [-0.4, -0.2) is 26.8 Å². The van der Waals surface area contributed by atoms with Gasteiger partial charge < -0.3 is 8.92 Å². The summed E-state index contributed by atoms with van der Waals surface area (Å²) in [5.74, 6) is -0.0907. The van der Waals surface area contributed by atoms with E-state index in [1.165, 1.54) is 6.07 Å². The second kappa shape index (κ2) is 6.75. The summed E-state index contributed by atoms with van der Waals surface area (Å²) < 4.78 is 71.4. The Hall–Kier alpha value is -1.77. The lowest BCUT2D eigenvalue weighted by molar-refractivity contribution is -0.0500. The zero-order valence-electron chi connectivity index (χ0n) is 14.1. The molecule has 0 radical (unpaired) electrons. The molecule has 26 heavy (non-hydrogen) atoms. The molecule has 0 N–H and O–H groups in total. The maximum absolute atomic E-state index is 12.8. The molecule has 1 aromatic rings. The fraction of sp³-hybridized carbons (Fsp3) is 0.588. The number of hydrogen-bond donors (Lipinski definition) is 0. The molecule has 2 aliphatic rings. The van der Waals surface area contributed by atoms with Crippen LogP contribution in [0.25, 0.3) is 0 Å². The van der Waals surface area contributed by atoms with Gasteiger partial charge in [-0.25, -0.2) is 0 Å². The monoisotopic (exact) mass is 392 g/mol. The predicted octanol–water partition coefficient (Wildman–Crippen LogP) is 4.27. The first kappa shape index (κ1) is 19.0. The molecule has 2 aliphatic carbocycles. The normalized spacial score (nSPS) is 21.5. The van der Waals surface area contributed by atoms with Gasteiger partial charge in [0.15, 0.2) is 12.0 Å². The Morgan fingerprint density at radius 2 is 1.88 bits per heavy atom. The molecular weight excluding hydrogens is 373 g/mol. The van der Waals surface area contributed by atoms with Crippen LogP contribution in [0.1, 0.15) is 72.3 Å². The Morgan fingerprint density at radius 3 is 2.46 bits per heavy atom. The van der Waals surface area contributed by atoms with E-state index < -0.39 is 21.4 Å². The number of unbranched alkanes of at least 4 members (excludes halogenated alkanes) is 1. The van der Waals surface area contributed by atoms with E-state index in [1.807, 2.05) is 6.92 Å². The summed E-state index contributed by atoms with van der Waals surface area (Å²) in [7, 11) is -5.86. The molecule has 1 aromatic carbocycles. The third-order valence-corrected chi connectivity index (χ3v) is 5.91. The highest BCUT2D eigenvalue weighted by atomic mass is 32.2. The zero-order valence-corrected chi connectivity index (χ0v) is 15.0. The summed E-state index contributed by atoms with van der Waals surface area (Å²) in [6.07, 6.45) is 4.27. The van der Waals surface area contributed by atoms with Crippen LogP contribution in [0.2, 0.25) is 0 Å². The fourth-order valence-electron chi connectivity index (χ4n) is 3.81. The third-order valence-electron chi connectivity index (χ3n) is 4.96. The second-order valence-electron chi connectivity index (χ2n) is 6.63. The molecule has 2 unspecified atom stereocenters. The highest BCUT2D eigenvalue weighted by Gasteiger charge is 2.50. The Morgan fingerprint density at radius 1 is 1.23 bits per heavy atom. The number of fused-ring (bicyclic) bond motifs is 5. The van der Waals surface area contributed by atoms with Gasteiger partial charge in [-0.1, -0.05) is 13.3 Å². The predicted molar refractivity (Wildman–Crippen MR) is 87.2 cm³/mol. The summed E-state index contributed by atoms with van der Waals surface area (Å²) in [6.45, 7) is 2.41. The molecule has 0 saturated heterocycles. The number of aldehydes is 1. The van der Waals surface area contributed by atoms with E-state index in [4.69, 9.17) is 4.74 Å². The van der Waals surface area contributed by atoms with Crippen LogP contribution in [0.15, 0.2) is 6.07 Å². The number of carbonyl (C=O) groups excluding carboxylic acids is 1.